The van der Waals surface area contributed by atoms with E-state index >= 15 is 0 Å². The van der Waals surface area contributed by atoms with Crippen molar-refractivity contribution in [2.45, 2.75) is 45.3 Å². The molecule has 5 heteroatoms. The van der Waals surface area contributed by atoms with Crippen molar-refractivity contribution in [2.24, 2.45) is 17.8 Å². The monoisotopic (exact) mass is 296 g/mol. The summed E-state index contributed by atoms with van der Waals surface area (Å²) < 4.78 is 11.2. The summed E-state index contributed by atoms with van der Waals surface area (Å²) in [5, 5.41) is 3.08. The van der Waals surface area contributed by atoms with E-state index in [1.165, 1.54) is 19.3 Å². The number of fused-ring (bicyclic) bond motifs is 1. The number of nitrogens with zero attached hydrogens (tertiary/aromatic N) is 1. The largest absolute Gasteiger partial charge is 0.348 e. The van der Waals surface area contributed by atoms with Crippen molar-refractivity contribution >= 4 is 6.03 Å². The maximum absolute atomic E-state index is 12.3. The van der Waals surface area contributed by atoms with Crippen LogP contribution in [-0.4, -0.2) is 49.6 Å². The van der Waals surface area contributed by atoms with E-state index in [0.29, 0.717) is 25.7 Å². The van der Waals surface area contributed by atoms with E-state index in [4.69, 9.17) is 9.47 Å². The highest BCUT2D eigenvalue weighted by Crippen LogP contribution is 2.37. The third-order valence-electron chi connectivity index (χ3n) is 5.23. The Hall–Kier alpha value is -0.810. The zero-order valence-electron chi connectivity index (χ0n) is 13.3. The fourth-order valence-electron chi connectivity index (χ4n) is 4.15. The Morgan fingerprint density at radius 3 is 2.52 bits per heavy atom. The number of carbonyl (C=O) groups is 1. The van der Waals surface area contributed by atoms with E-state index in [1.54, 1.807) is 0 Å². The summed E-state index contributed by atoms with van der Waals surface area (Å²) in [7, 11) is 0. The second-order valence-corrected chi connectivity index (χ2v) is 7.18. The van der Waals surface area contributed by atoms with Crippen LogP contribution in [0.15, 0.2) is 0 Å². The topological polar surface area (TPSA) is 50.8 Å². The van der Waals surface area contributed by atoms with Crippen LogP contribution in [0.3, 0.4) is 0 Å². The number of nitrogens with one attached hydrogen (secondary N) is 1. The van der Waals surface area contributed by atoms with E-state index in [9.17, 15) is 4.79 Å². The van der Waals surface area contributed by atoms with Crippen molar-refractivity contribution in [1.82, 2.24) is 10.2 Å². The Morgan fingerprint density at radius 2 is 1.90 bits per heavy atom. The van der Waals surface area contributed by atoms with Crippen LogP contribution >= 0.6 is 0 Å². The highest BCUT2D eigenvalue weighted by Gasteiger charge is 2.38. The molecule has 21 heavy (non-hydrogen) atoms. The first-order valence-electron chi connectivity index (χ1n) is 8.36. The van der Waals surface area contributed by atoms with Gasteiger partial charge < -0.3 is 19.7 Å². The summed E-state index contributed by atoms with van der Waals surface area (Å²) in [4.78, 5) is 14.3. The number of likely N-dealkylation sites (tertiary alicyclic amines) is 1. The molecule has 2 heterocycles. The lowest BCUT2D eigenvalue weighted by Gasteiger charge is -2.26. The molecule has 1 N–H and O–H groups in total. The maximum atomic E-state index is 12.3. The summed E-state index contributed by atoms with van der Waals surface area (Å²) in [5.41, 5.74) is 0. The number of amides is 2. The number of rotatable bonds is 4. The number of hydrogen-bond acceptors (Lipinski definition) is 3. The van der Waals surface area contributed by atoms with Gasteiger partial charge >= 0.3 is 6.03 Å². The van der Waals surface area contributed by atoms with E-state index in [2.05, 4.69) is 12.2 Å². The predicted molar refractivity (Wildman–Crippen MR) is 79.9 cm³/mol. The molecule has 120 valence electrons. The normalized spacial score (nSPS) is 32.2. The molecule has 0 aromatic carbocycles. The van der Waals surface area contributed by atoms with Gasteiger partial charge in [-0.25, -0.2) is 4.79 Å². The lowest BCUT2D eigenvalue weighted by atomic mass is 10.0. The van der Waals surface area contributed by atoms with Gasteiger partial charge in [0.25, 0.3) is 0 Å². The van der Waals surface area contributed by atoms with E-state index < -0.39 is 5.79 Å². The van der Waals surface area contributed by atoms with E-state index in [1.807, 2.05) is 11.8 Å². The van der Waals surface area contributed by atoms with Gasteiger partial charge in [0.15, 0.2) is 5.79 Å². The summed E-state index contributed by atoms with van der Waals surface area (Å²) in [5.74, 6) is 1.40. The maximum Gasteiger partial charge on any atom is 0.317 e. The average molecular weight is 296 g/mol. The quantitative estimate of drug-likeness (QED) is 0.865. The van der Waals surface area contributed by atoms with Gasteiger partial charge in [-0.15, -0.1) is 0 Å². The van der Waals surface area contributed by atoms with Crippen LogP contribution in [-0.2, 0) is 9.47 Å². The van der Waals surface area contributed by atoms with Gasteiger partial charge in [0.05, 0.1) is 13.2 Å². The molecule has 0 aromatic heterocycles. The minimum absolute atomic E-state index is 0.106. The van der Waals surface area contributed by atoms with Gasteiger partial charge in [-0.2, -0.15) is 0 Å². The standard InChI is InChI=1S/C16H28N2O3/c1-12(8-16(2)20-6-7-21-16)9-17-15(19)18-10-13-4-3-5-14(13)11-18/h12-14H,3-11H2,1-2H3,(H,17,19)/t12-,13-,14+/m1/s1. The van der Waals surface area contributed by atoms with Crippen molar-refractivity contribution in [3.63, 3.8) is 0 Å². The van der Waals surface area contributed by atoms with Crippen LogP contribution in [0.5, 0.6) is 0 Å². The van der Waals surface area contributed by atoms with E-state index in [0.717, 1.165) is 31.3 Å². The van der Waals surface area contributed by atoms with Gasteiger partial charge in [0.1, 0.15) is 0 Å². The first-order chi connectivity index (χ1) is 10.1. The third-order valence-corrected chi connectivity index (χ3v) is 5.23. The van der Waals surface area contributed by atoms with Crippen LogP contribution in [0.25, 0.3) is 0 Å². The molecule has 0 spiro atoms. The molecule has 2 aliphatic heterocycles. The molecule has 2 saturated heterocycles. The fraction of sp³-hybridized carbons (Fsp3) is 0.938. The van der Waals surface area contributed by atoms with Gasteiger partial charge in [0.2, 0.25) is 0 Å². The first-order valence-corrected chi connectivity index (χ1v) is 8.36. The highest BCUT2D eigenvalue weighted by molar-refractivity contribution is 5.74. The molecule has 1 aliphatic carbocycles. The fourth-order valence-corrected chi connectivity index (χ4v) is 4.15. The Labute approximate surface area is 127 Å². The smallest absolute Gasteiger partial charge is 0.317 e. The summed E-state index contributed by atoms with van der Waals surface area (Å²) in [6, 6.07) is 0.106. The van der Waals surface area contributed by atoms with Gasteiger partial charge in [0, 0.05) is 26.1 Å². The number of ether oxygens (including phenoxy) is 2. The molecule has 3 fully saturated rings. The molecule has 0 bridgehead atoms. The third kappa shape index (κ3) is 3.51. The molecule has 3 aliphatic rings. The summed E-state index contributed by atoms with van der Waals surface area (Å²) in [6.45, 7) is 8.06. The molecule has 3 rings (SSSR count). The van der Waals surface area contributed by atoms with Crippen LogP contribution < -0.4 is 5.32 Å². The number of hydrogen-bond donors (Lipinski definition) is 1. The second-order valence-electron chi connectivity index (χ2n) is 7.18. The zero-order chi connectivity index (χ0) is 14.9. The Morgan fingerprint density at radius 1 is 1.29 bits per heavy atom. The molecule has 0 aromatic rings. The Balaban J connectivity index is 1.39. The van der Waals surface area contributed by atoms with Crippen LogP contribution in [0.4, 0.5) is 4.79 Å². The molecular weight excluding hydrogens is 268 g/mol. The van der Waals surface area contributed by atoms with Crippen LogP contribution in [0.1, 0.15) is 39.5 Å². The molecule has 2 amide bonds. The zero-order valence-corrected chi connectivity index (χ0v) is 13.3. The van der Waals surface area contributed by atoms with E-state index in [-0.39, 0.29) is 6.03 Å². The first kappa shape index (κ1) is 15.1. The summed E-state index contributed by atoms with van der Waals surface area (Å²) in [6.07, 6.45) is 4.77. The molecule has 3 atom stereocenters. The molecule has 0 unspecified atom stereocenters. The van der Waals surface area contributed by atoms with Crippen molar-refractivity contribution in [1.29, 1.82) is 0 Å². The van der Waals surface area contributed by atoms with Gasteiger partial charge in [-0.3, -0.25) is 0 Å². The average Bonchev–Trinajstić information content (AvgIpc) is 3.11. The van der Waals surface area contributed by atoms with Crippen molar-refractivity contribution in [3.05, 3.63) is 0 Å². The minimum Gasteiger partial charge on any atom is -0.348 e. The van der Waals surface area contributed by atoms with Crippen molar-refractivity contribution in [2.75, 3.05) is 32.8 Å². The Kier molecular flexibility index (Phi) is 4.41. The molecule has 5 nitrogen and oxygen atoms in total. The highest BCUT2D eigenvalue weighted by atomic mass is 16.7. The Bertz CT molecular complexity index is 370. The van der Waals surface area contributed by atoms with Crippen LogP contribution in [0.2, 0.25) is 0 Å². The van der Waals surface area contributed by atoms with Gasteiger partial charge in [-0.1, -0.05) is 13.3 Å². The van der Waals surface area contributed by atoms with Crippen molar-refractivity contribution in [3.8, 4) is 0 Å². The van der Waals surface area contributed by atoms with Crippen LogP contribution in [0, 0.1) is 17.8 Å². The lowest BCUT2D eigenvalue weighted by molar-refractivity contribution is -0.153. The second kappa shape index (κ2) is 6.13. The lowest BCUT2D eigenvalue weighted by Crippen LogP contribution is -2.41. The minimum atomic E-state index is -0.463. The van der Waals surface area contributed by atoms with Gasteiger partial charge in [-0.05, 0) is 37.5 Å². The molecule has 1 saturated carbocycles. The van der Waals surface area contributed by atoms with Crippen molar-refractivity contribution < 1.29 is 14.3 Å². The predicted octanol–water partition coefficient (Wildman–Crippen LogP) is 2.22. The molecule has 0 radical (unpaired) electrons. The molecular formula is C16H28N2O3. The number of carbonyl (C=O) groups excluding carboxylic acids is 1. The summed E-state index contributed by atoms with van der Waals surface area (Å²) >= 11 is 0. The number of urea groups is 1. The SMILES string of the molecule is C[C@@H](CNC(=O)N1C[C@H]2CCC[C@H]2C1)CC1(C)OCCO1.